The van der Waals surface area contributed by atoms with Crippen LogP contribution in [0.15, 0.2) is 48.5 Å². The summed E-state index contributed by atoms with van der Waals surface area (Å²) in [5, 5.41) is 5.66. The molecule has 0 bridgehead atoms. The van der Waals surface area contributed by atoms with Gasteiger partial charge in [0.05, 0.1) is 66.6 Å². The van der Waals surface area contributed by atoms with Gasteiger partial charge in [-0.05, 0) is 52.0 Å². The van der Waals surface area contributed by atoms with Gasteiger partial charge < -0.3 is 29.1 Å². The minimum Gasteiger partial charge on any atom is -0.496 e. The Kier molecular flexibility index (Phi) is 12.6. The van der Waals surface area contributed by atoms with Crippen LogP contribution in [0.1, 0.15) is 38.8 Å². The minimum absolute atomic E-state index is 0.431. The summed E-state index contributed by atoms with van der Waals surface area (Å²) in [7, 11) is 3.37. The average Bonchev–Trinajstić information content (AvgIpc) is 2.96. The van der Waals surface area contributed by atoms with Gasteiger partial charge in [-0.15, -0.1) is 0 Å². The third-order valence-electron chi connectivity index (χ3n) is 8.03. The monoisotopic (exact) mass is 528 g/mol. The summed E-state index contributed by atoms with van der Waals surface area (Å²) < 4.78 is 12.7. The van der Waals surface area contributed by atoms with Gasteiger partial charge in [-0.3, -0.25) is 9.59 Å². The molecule has 0 aliphatic carbocycles. The van der Waals surface area contributed by atoms with Gasteiger partial charge in [-0.2, -0.15) is 0 Å². The van der Waals surface area contributed by atoms with E-state index in [-0.39, 0.29) is 0 Å². The van der Waals surface area contributed by atoms with Gasteiger partial charge in [0.1, 0.15) is 24.6 Å². The van der Waals surface area contributed by atoms with Gasteiger partial charge in [0.25, 0.3) is 0 Å². The maximum atomic E-state index is 12.6. The fourth-order valence-corrected chi connectivity index (χ4v) is 5.05. The number of hydrogen-bond donors (Lipinski definition) is 2. The molecular formula is C30H48N4O4+2. The Hall–Kier alpha value is -3.10. The average molecular weight is 529 g/mol. The molecule has 0 aliphatic rings. The number of methoxy groups -OCH3 is 2. The van der Waals surface area contributed by atoms with Crippen molar-refractivity contribution in [3.05, 3.63) is 59.7 Å². The van der Waals surface area contributed by atoms with Crippen molar-refractivity contribution in [3.63, 3.8) is 0 Å². The van der Waals surface area contributed by atoms with Crippen molar-refractivity contribution in [2.75, 3.05) is 66.6 Å². The predicted octanol–water partition coefficient (Wildman–Crippen LogP) is 3.35. The summed E-state index contributed by atoms with van der Waals surface area (Å²) in [5.74, 6) is 0.589. The molecule has 2 N–H and O–H groups in total. The number of quaternary nitrogens is 2. The molecule has 0 aromatic heterocycles. The summed E-state index contributed by atoms with van der Waals surface area (Å²) in [6, 6.07) is 16.1. The fourth-order valence-electron chi connectivity index (χ4n) is 5.05. The van der Waals surface area contributed by atoms with Crippen LogP contribution in [-0.2, 0) is 22.7 Å². The van der Waals surface area contributed by atoms with E-state index < -0.39 is 11.8 Å². The van der Waals surface area contributed by atoms with Crippen molar-refractivity contribution in [2.24, 2.45) is 0 Å². The van der Waals surface area contributed by atoms with E-state index in [1.807, 2.05) is 36.4 Å². The SMILES string of the molecule is CC[N+](CC)(CCNC(=O)C(=O)NCC[N+](CC)(CC)Cc1ccccc1OC)Cc1ccccc1OC. The van der Waals surface area contributed by atoms with Gasteiger partial charge in [0.15, 0.2) is 0 Å². The van der Waals surface area contributed by atoms with Crippen LogP contribution in [0.5, 0.6) is 11.5 Å². The van der Waals surface area contributed by atoms with Gasteiger partial charge >= 0.3 is 11.8 Å². The van der Waals surface area contributed by atoms with E-state index in [2.05, 4.69) is 50.5 Å². The highest BCUT2D eigenvalue weighted by molar-refractivity contribution is 6.35. The number of carbonyl (C=O) groups is 2. The first-order valence-corrected chi connectivity index (χ1v) is 13.8. The lowest BCUT2D eigenvalue weighted by atomic mass is 10.1. The van der Waals surface area contributed by atoms with E-state index in [1.54, 1.807) is 14.2 Å². The van der Waals surface area contributed by atoms with Gasteiger partial charge in [0, 0.05) is 11.1 Å². The van der Waals surface area contributed by atoms with Crippen molar-refractivity contribution in [3.8, 4) is 11.5 Å². The van der Waals surface area contributed by atoms with Crippen molar-refractivity contribution >= 4 is 11.8 Å². The number of amides is 2. The Morgan fingerprint density at radius 2 is 0.974 bits per heavy atom. The lowest BCUT2D eigenvalue weighted by Crippen LogP contribution is -2.53. The van der Waals surface area contributed by atoms with E-state index in [4.69, 9.17) is 9.47 Å². The Morgan fingerprint density at radius 1 is 0.632 bits per heavy atom. The largest absolute Gasteiger partial charge is 0.496 e. The van der Waals surface area contributed by atoms with Gasteiger partial charge in [-0.25, -0.2) is 0 Å². The molecule has 2 aromatic rings. The van der Waals surface area contributed by atoms with Crippen molar-refractivity contribution in [2.45, 2.75) is 40.8 Å². The van der Waals surface area contributed by atoms with Crippen molar-refractivity contribution in [1.82, 2.24) is 10.6 Å². The van der Waals surface area contributed by atoms with Crippen LogP contribution in [-0.4, -0.2) is 87.4 Å². The molecule has 0 fully saturated rings. The molecule has 0 saturated heterocycles. The number of likely N-dealkylation sites (N-methyl/N-ethyl adjacent to an activating group) is 2. The lowest BCUT2D eigenvalue weighted by molar-refractivity contribution is -0.936. The normalized spacial score (nSPS) is 11.6. The van der Waals surface area contributed by atoms with Crippen LogP contribution in [0, 0.1) is 0 Å². The summed E-state index contributed by atoms with van der Waals surface area (Å²) in [5.41, 5.74) is 2.29. The Morgan fingerprint density at radius 3 is 1.29 bits per heavy atom. The molecule has 0 atom stereocenters. The van der Waals surface area contributed by atoms with Crippen LogP contribution in [0.3, 0.4) is 0 Å². The second-order valence-electron chi connectivity index (χ2n) is 9.85. The van der Waals surface area contributed by atoms with Gasteiger partial charge in [0.2, 0.25) is 0 Å². The highest BCUT2D eigenvalue weighted by Crippen LogP contribution is 2.24. The van der Waals surface area contributed by atoms with Gasteiger partial charge in [-0.1, -0.05) is 24.3 Å². The number of nitrogens with zero attached hydrogens (tertiary/aromatic N) is 2. The highest BCUT2D eigenvalue weighted by atomic mass is 16.5. The zero-order valence-electron chi connectivity index (χ0n) is 24.2. The van der Waals surface area contributed by atoms with E-state index in [0.717, 1.165) is 84.0 Å². The molecule has 0 spiro atoms. The first kappa shape index (κ1) is 31.1. The van der Waals surface area contributed by atoms with Crippen molar-refractivity contribution in [1.29, 1.82) is 0 Å². The molecular weight excluding hydrogens is 480 g/mol. The smallest absolute Gasteiger partial charge is 0.309 e. The van der Waals surface area contributed by atoms with Crippen LogP contribution >= 0.6 is 0 Å². The molecule has 8 heteroatoms. The predicted molar refractivity (Wildman–Crippen MR) is 152 cm³/mol. The van der Waals surface area contributed by atoms with Crippen LogP contribution in [0.2, 0.25) is 0 Å². The zero-order chi connectivity index (χ0) is 28.0. The molecule has 210 valence electrons. The number of benzene rings is 2. The number of rotatable bonds is 16. The number of ether oxygens (including phenoxy) is 2. The molecule has 0 heterocycles. The maximum absolute atomic E-state index is 12.6. The second kappa shape index (κ2) is 15.3. The van der Waals surface area contributed by atoms with E-state index >= 15 is 0 Å². The fraction of sp³-hybridized carbons (Fsp3) is 0.533. The number of carbonyl (C=O) groups excluding carboxylic acids is 2. The maximum Gasteiger partial charge on any atom is 0.309 e. The van der Waals surface area contributed by atoms with Crippen molar-refractivity contribution < 1.29 is 28.0 Å². The zero-order valence-corrected chi connectivity index (χ0v) is 24.2. The topological polar surface area (TPSA) is 76.7 Å². The van der Waals surface area contributed by atoms with Crippen LogP contribution in [0.4, 0.5) is 0 Å². The molecule has 38 heavy (non-hydrogen) atoms. The number of para-hydroxylation sites is 2. The Bertz CT molecular complexity index is 937. The lowest BCUT2D eigenvalue weighted by Gasteiger charge is -2.37. The van der Waals surface area contributed by atoms with E-state index in [1.165, 1.54) is 0 Å². The Balaban J connectivity index is 1.89. The molecule has 8 nitrogen and oxygen atoms in total. The van der Waals surface area contributed by atoms with E-state index in [0.29, 0.717) is 13.1 Å². The minimum atomic E-state index is -0.580. The summed E-state index contributed by atoms with van der Waals surface area (Å²) in [4.78, 5) is 25.1. The van der Waals surface area contributed by atoms with Crippen LogP contribution < -0.4 is 20.1 Å². The first-order valence-electron chi connectivity index (χ1n) is 13.8. The molecule has 0 radical (unpaired) electrons. The van der Waals surface area contributed by atoms with E-state index in [9.17, 15) is 9.59 Å². The molecule has 0 aliphatic heterocycles. The third kappa shape index (κ3) is 8.46. The molecule has 2 amide bonds. The number of hydrogen-bond acceptors (Lipinski definition) is 4. The molecule has 2 aromatic carbocycles. The standard InChI is InChI=1S/C30H46N4O4/c1-7-33(8-2,23-25-15-11-13-17-27(25)37-5)21-19-31-29(35)30(36)32-20-22-34(9-3,10-4)24-26-16-12-14-18-28(26)38-6/h11-18H,7-10,19-24H2,1-6H3/p+2. The van der Waals surface area contributed by atoms with Crippen LogP contribution in [0.25, 0.3) is 0 Å². The summed E-state index contributed by atoms with van der Waals surface area (Å²) in [6.07, 6.45) is 0. The third-order valence-corrected chi connectivity index (χ3v) is 8.03. The summed E-state index contributed by atoms with van der Waals surface area (Å²) in [6.45, 7) is 16.2. The molecule has 0 saturated carbocycles. The molecule has 0 unspecified atom stereocenters. The highest BCUT2D eigenvalue weighted by Gasteiger charge is 2.27. The Labute approximate surface area is 229 Å². The first-order chi connectivity index (χ1) is 18.3. The second-order valence-corrected chi connectivity index (χ2v) is 9.85. The number of nitrogens with one attached hydrogen (secondary N) is 2. The summed E-state index contributed by atoms with van der Waals surface area (Å²) >= 11 is 0. The molecule has 2 rings (SSSR count). The quantitative estimate of drug-likeness (QED) is 0.259.